The molecular formula is C18H21ClN2O3S. The van der Waals surface area contributed by atoms with E-state index in [1.807, 2.05) is 30.3 Å². The molecule has 2 aromatic rings. The van der Waals surface area contributed by atoms with Gasteiger partial charge >= 0.3 is 0 Å². The number of sulfonamides is 1. The van der Waals surface area contributed by atoms with Gasteiger partial charge in [0.15, 0.2) is 0 Å². The van der Waals surface area contributed by atoms with Gasteiger partial charge < -0.3 is 5.32 Å². The third-order valence-electron chi connectivity index (χ3n) is 3.70. The summed E-state index contributed by atoms with van der Waals surface area (Å²) in [4.78, 5) is 12.1. The number of carbonyl (C=O) groups is 1. The number of nitrogens with one attached hydrogen (secondary N) is 1. The molecule has 0 aliphatic rings. The Hall–Kier alpha value is -2.05. The Morgan fingerprint density at radius 3 is 2.44 bits per heavy atom. The van der Waals surface area contributed by atoms with Gasteiger partial charge in [-0.15, -0.1) is 0 Å². The summed E-state index contributed by atoms with van der Waals surface area (Å²) in [5.41, 5.74) is 2.26. The van der Waals surface area contributed by atoms with E-state index in [9.17, 15) is 13.2 Å². The minimum Gasteiger partial charge on any atom is -0.352 e. The van der Waals surface area contributed by atoms with Crippen LogP contribution >= 0.6 is 11.6 Å². The van der Waals surface area contributed by atoms with E-state index in [0.29, 0.717) is 17.3 Å². The first-order chi connectivity index (χ1) is 11.8. The first-order valence-corrected chi connectivity index (χ1v) is 10.0. The fraction of sp³-hybridized carbons (Fsp3) is 0.278. The molecule has 5 nitrogen and oxygen atoms in total. The summed E-state index contributed by atoms with van der Waals surface area (Å²) in [7, 11) is -3.51. The van der Waals surface area contributed by atoms with Crippen molar-refractivity contribution in [2.24, 2.45) is 0 Å². The maximum atomic E-state index is 12.1. The number of aryl methyl sites for hydroxylation is 1. The highest BCUT2D eigenvalue weighted by molar-refractivity contribution is 7.92. The number of hydrogen-bond acceptors (Lipinski definition) is 3. The van der Waals surface area contributed by atoms with Crippen LogP contribution < -0.4 is 9.62 Å². The highest BCUT2D eigenvalue weighted by atomic mass is 35.5. The Morgan fingerprint density at radius 1 is 1.16 bits per heavy atom. The average Bonchev–Trinajstić information content (AvgIpc) is 2.54. The molecule has 0 bridgehead atoms. The van der Waals surface area contributed by atoms with Gasteiger partial charge in [0.1, 0.15) is 0 Å². The lowest BCUT2D eigenvalue weighted by atomic mass is 10.2. The van der Waals surface area contributed by atoms with E-state index in [1.165, 1.54) is 4.31 Å². The van der Waals surface area contributed by atoms with Crippen molar-refractivity contribution in [3.8, 4) is 0 Å². The van der Waals surface area contributed by atoms with Crippen molar-refractivity contribution in [2.45, 2.75) is 19.9 Å². The van der Waals surface area contributed by atoms with Gasteiger partial charge in [0.05, 0.1) is 11.9 Å². The van der Waals surface area contributed by atoms with Crippen molar-refractivity contribution in [3.63, 3.8) is 0 Å². The number of halogens is 1. The molecule has 25 heavy (non-hydrogen) atoms. The Balaban J connectivity index is 2.02. The molecular weight excluding hydrogens is 360 g/mol. The molecule has 0 saturated heterocycles. The SMILES string of the molecule is Cc1cc(Cl)ccc1N(CCC(=O)NCc1ccccc1)S(C)(=O)=O. The average molecular weight is 381 g/mol. The molecule has 0 atom stereocenters. The van der Waals surface area contributed by atoms with Gasteiger partial charge in [0.25, 0.3) is 0 Å². The van der Waals surface area contributed by atoms with Crippen molar-refractivity contribution >= 4 is 33.2 Å². The highest BCUT2D eigenvalue weighted by Gasteiger charge is 2.20. The number of nitrogens with zero attached hydrogens (tertiary/aromatic N) is 1. The summed E-state index contributed by atoms with van der Waals surface area (Å²) in [6.45, 7) is 2.27. The molecule has 0 saturated carbocycles. The van der Waals surface area contributed by atoms with Crippen molar-refractivity contribution in [1.29, 1.82) is 0 Å². The van der Waals surface area contributed by atoms with Crippen molar-refractivity contribution < 1.29 is 13.2 Å². The number of rotatable bonds is 7. The molecule has 0 aromatic heterocycles. The number of benzene rings is 2. The van der Waals surface area contributed by atoms with Crippen LogP contribution in [0.25, 0.3) is 0 Å². The van der Waals surface area contributed by atoms with E-state index in [4.69, 9.17) is 11.6 Å². The molecule has 0 aliphatic carbocycles. The zero-order valence-corrected chi connectivity index (χ0v) is 15.8. The second-order valence-corrected chi connectivity index (χ2v) is 8.12. The van der Waals surface area contributed by atoms with E-state index in [1.54, 1.807) is 25.1 Å². The summed E-state index contributed by atoms with van der Waals surface area (Å²) in [6.07, 6.45) is 1.20. The van der Waals surface area contributed by atoms with Gasteiger partial charge in [-0.25, -0.2) is 8.42 Å². The lowest BCUT2D eigenvalue weighted by molar-refractivity contribution is -0.121. The standard InChI is InChI=1S/C18H21ClN2O3S/c1-14-12-16(19)8-9-17(14)21(25(2,23)24)11-10-18(22)20-13-15-6-4-3-5-7-15/h3-9,12H,10-11,13H2,1-2H3,(H,20,22). The normalized spacial score (nSPS) is 11.2. The largest absolute Gasteiger partial charge is 0.352 e. The maximum absolute atomic E-state index is 12.1. The first kappa shape index (κ1) is 19.3. The van der Waals surface area contributed by atoms with Gasteiger partial charge in [0, 0.05) is 24.5 Å². The molecule has 2 rings (SSSR count). The molecule has 0 aliphatic heterocycles. The fourth-order valence-electron chi connectivity index (χ4n) is 2.45. The summed E-state index contributed by atoms with van der Waals surface area (Å²) in [6, 6.07) is 14.5. The molecule has 2 aromatic carbocycles. The van der Waals surface area contributed by atoms with Crippen LogP contribution in [0.2, 0.25) is 5.02 Å². The number of anilines is 1. The Labute approximate surface area is 153 Å². The van der Waals surface area contributed by atoms with Crippen LogP contribution in [0, 0.1) is 6.92 Å². The molecule has 0 heterocycles. The minimum absolute atomic E-state index is 0.0714. The van der Waals surface area contributed by atoms with Crippen molar-refractivity contribution in [2.75, 3.05) is 17.1 Å². The number of carbonyl (C=O) groups excluding carboxylic acids is 1. The Morgan fingerprint density at radius 2 is 1.84 bits per heavy atom. The zero-order chi connectivity index (χ0) is 18.4. The maximum Gasteiger partial charge on any atom is 0.232 e. The zero-order valence-electron chi connectivity index (χ0n) is 14.2. The molecule has 0 spiro atoms. The second kappa shape index (κ2) is 8.36. The van der Waals surface area contributed by atoms with Crippen LogP contribution in [-0.2, 0) is 21.4 Å². The quantitative estimate of drug-likeness (QED) is 0.802. The summed E-state index contributed by atoms with van der Waals surface area (Å²) in [5, 5.41) is 3.34. The molecule has 0 unspecified atom stereocenters. The molecule has 1 amide bonds. The molecule has 0 radical (unpaired) electrons. The minimum atomic E-state index is -3.51. The first-order valence-electron chi connectivity index (χ1n) is 7.82. The smallest absolute Gasteiger partial charge is 0.232 e. The summed E-state index contributed by atoms with van der Waals surface area (Å²) < 4.78 is 25.5. The van der Waals surface area contributed by atoms with Crippen LogP contribution in [0.4, 0.5) is 5.69 Å². The van der Waals surface area contributed by atoms with Gasteiger partial charge in [-0.1, -0.05) is 41.9 Å². The third-order valence-corrected chi connectivity index (χ3v) is 5.12. The Kier molecular flexibility index (Phi) is 6.45. The molecule has 7 heteroatoms. The predicted molar refractivity (Wildman–Crippen MR) is 101 cm³/mol. The van der Waals surface area contributed by atoms with Crippen LogP contribution in [0.5, 0.6) is 0 Å². The van der Waals surface area contributed by atoms with Crippen LogP contribution in [0.15, 0.2) is 48.5 Å². The predicted octanol–water partition coefficient (Wildman–Crippen LogP) is 3.12. The van der Waals surface area contributed by atoms with Crippen LogP contribution in [-0.4, -0.2) is 27.1 Å². The van der Waals surface area contributed by atoms with E-state index < -0.39 is 10.0 Å². The van der Waals surface area contributed by atoms with Crippen LogP contribution in [0.1, 0.15) is 17.5 Å². The van der Waals surface area contributed by atoms with Crippen LogP contribution in [0.3, 0.4) is 0 Å². The van der Waals surface area contributed by atoms with E-state index in [0.717, 1.165) is 17.4 Å². The van der Waals surface area contributed by atoms with E-state index in [2.05, 4.69) is 5.32 Å². The molecule has 134 valence electrons. The van der Waals surface area contributed by atoms with E-state index in [-0.39, 0.29) is 18.9 Å². The lowest BCUT2D eigenvalue weighted by Crippen LogP contribution is -2.35. The molecule has 0 fully saturated rings. The second-order valence-electron chi connectivity index (χ2n) is 5.78. The van der Waals surface area contributed by atoms with E-state index >= 15 is 0 Å². The monoisotopic (exact) mass is 380 g/mol. The summed E-state index contributed by atoms with van der Waals surface area (Å²) in [5.74, 6) is -0.205. The van der Waals surface area contributed by atoms with Crippen molar-refractivity contribution in [3.05, 3.63) is 64.7 Å². The fourth-order valence-corrected chi connectivity index (χ4v) is 3.66. The van der Waals surface area contributed by atoms with Crippen molar-refractivity contribution in [1.82, 2.24) is 5.32 Å². The number of hydrogen-bond donors (Lipinski definition) is 1. The highest BCUT2D eigenvalue weighted by Crippen LogP contribution is 2.25. The summed E-state index contributed by atoms with van der Waals surface area (Å²) >= 11 is 5.93. The van der Waals surface area contributed by atoms with Gasteiger partial charge in [-0.3, -0.25) is 9.10 Å². The Bertz CT molecular complexity index is 839. The van der Waals surface area contributed by atoms with Gasteiger partial charge in [0.2, 0.25) is 15.9 Å². The third kappa shape index (κ3) is 5.76. The topological polar surface area (TPSA) is 66.5 Å². The van der Waals surface area contributed by atoms with Gasteiger partial charge in [-0.05, 0) is 36.2 Å². The lowest BCUT2D eigenvalue weighted by Gasteiger charge is -2.24. The molecule has 1 N–H and O–H groups in total. The number of amides is 1. The van der Waals surface area contributed by atoms with Gasteiger partial charge in [-0.2, -0.15) is 0 Å².